The minimum absolute atomic E-state index is 0.0326. The summed E-state index contributed by atoms with van der Waals surface area (Å²) in [4.78, 5) is 28.4. The molecule has 0 spiro atoms. The lowest BCUT2D eigenvalue weighted by Gasteiger charge is -2.47. The molecule has 3 unspecified atom stereocenters. The Kier molecular flexibility index (Phi) is 7.45. The first-order valence-corrected chi connectivity index (χ1v) is 12.0. The monoisotopic (exact) mass is 451 g/mol. The number of carbonyl (C=O) groups excluding carboxylic acids is 1. The summed E-state index contributed by atoms with van der Waals surface area (Å²) in [6.45, 7) is 6.04. The van der Waals surface area contributed by atoms with E-state index in [1.54, 1.807) is 0 Å². The zero-order valence-electron chi connectivity index (χ0n) is 20.1. The average Bonchev–Trinajstić information content (AvgIpc) is 2.79. The molecule has 3 N–H and O–H groups in total. The minimum Gasteiger partial charge on any atom is -0.368 e. The van der Waals surface area contributed by atoms with Crippen LogP contribution in [-0.2, 0) is 19.4 Å². The zero-order chi connectivity index (χ0) is 23.4. The second kappa shape index (κ2) is 10.5. The SMILES string of the molecule is CCN(CCN(C)C)C(=O)NC1CC2Cc3nc(N)ncc3CC2N(Cc2ccccc2)C1. The molecule has 2 heterocycles. The van der Waals surface area contributed by atoms with Gasteiger partial charge in [0, 0.05) is 56.7 Å². The molecule has 3 atom stereocenters. The van der Waals surface area contributed by atoms with Crippen molar-refractivity contribution >= 4 is 12.0 Å². The van der Waals surface area contributed by atoms with E-state index in [9.17, 15) is 4.79 Å². The summed E-state index contributed by atoms with van der Waals surface area (Å²) < 4.78 is 0. The molecule has 0 radical (unpaired) electrons. The van der Waals surface area contributed by atoms with Crippen LogP contribution in [0.1, 0.15) is 30.2 Å². The van der Waals surface area contributed by atoms with Gasteiger partial charge in [0.05, 0.1) is 0 Å². The number of anilines is 1. The van der Waals surface area contributed by atoms with Crippen LogP contribution in [0.4, 0.5) is 10.7 Å². The summed E-state index contributed by atoms with van der Waals surface area (Å²) in [5.41, 5.74) is 9.43. The van der Waals surface area contributed by atoms with Gasteiger partial charge < -0.3 is 20.9 Å². The van der Waals surface area contributed by atoms with Crippen molar-refractivity contribution in [2.45, 2.75) is 44.8 Å². The second-order valence-electron chi connectivity index (χ2n) is 9.62. The highest BCUT2D eigenvalue weighted by atomic mass is 16.2. The van der Waals surface area contributed by atoms with Crippen molar-refractivity contribution in [3.05, 3.63) is 53.3 Å². The highest BCUT2D eigenvalue weighted by Crippen LogP contribution is 2.35. The van der Waals surface area contributed by atoms with E-state index >= 15 is 0 Å². The van der Waals surface area contributed by atoms with Crippen LogP contribution in [0.25, 0.3) is 0 Å². The first-order valence-electron chi connectivity index (χ1n) is 12.0. The van der Waals surface area contributed by atoms with Crippen molar-refractivity contribution in [2.24, 2.45) is 5.92 Å². The topological polar surface area (TPSA) is 90.6 Å². The molecule has 2 aromatic rings. The summed E-state index contributed by atoms with van der Waals surface area (Å²) in [6.07, 6.45) is 4.66. The van der Waals surface area contributed by atoms with E-state index in [0.717, 1.165) is 51.1 Å². The Hall–Kier alpha value is -2.71. The number of nitrogen functional groups attached to an aromatic ring is 1. The van der Waals surface area contributed by atoms with Crippen LogP contribution in [0.5, 0.6) is 0 Å². The maximum atomic E-state index is 13.1. The molecule has 178 valence electrons. The van der Waals surface area contributed by atoms with Crippen LogP contribution in [-0.4, -0.2) is 83.1 Å². The number of amides is 2. The third-order valence-corrected chi connectivity index (χ3v) is 6.95. The molecule has 8 heteroatoms. The second-order valence-corrected chi connectivity index (χ2v) is 9.62. The van der Waals surface area contributed by atoms with Crippen molar-refractivity contribution in [2.75, 3.05) is 46.0 Å². The fourth-order valence-corrected chi connectivity index (χ4v) is 5.20. The third-order valence-electron chi connectivity index (χ3n) is 6.95. The maximum Gasteiger partial charge on any atom is 0.317 e. The summed E-state index contributed by atoms with van der Waals surface area (Å²) in [6, 6.07) is 11.1. The number of hydrogen-bond acceptors (Lipinski definition) is 6. The number of fused-ring (bicyclic) bond motifs is 2. The molecule has 2 amide bonds. The van der Waals surface area contributed by atoms with Gasteiger partial charge in [-0.15, -0.1) is 0 Å². The minimum atomic E-state index is 0.0326. The Balaban J connectivity index is 1.51. The molecular weight excluding hydrogens is 414 g/mol. The van der Waals surface area contributed by atoms with Gasteiger partial charge in [-0.05, 0) is 57.3 Å². The fourth-order valence-electron chi connectivity index (χ4n) is 5.20. The molecule has 0 bridgehead atoms. The summed E-state index contributed by atoms with van der Waals surface area (Å²) in [7, 11) is 4.07. The number of urea groups is 1. The molecule has 1 aliphatic carbocycles. The van der Waals surface area contributed by atoms with Gasteiger partial charge in [-0.2, -0.15) is 0 Å². The Morgan fingerprint density at radius 1 is 1.21 bits per heavy atom. The standard InChI is InChI=1S/C25H37N7O/c1-4-31(11-10-30(2)3)25(33)28-21-12-19-13-22-20(15-27-24(26)29-22)14-23(19)32(17-21)16-18-8-6-5-7-9-18/h5-9,15,19,21,23H,4,10-14,16-17H2,1-3H3,(H,28,33)(H2,26,27,29). The molecular formula is C25H37N7O. The summed E-state index contributed by atoms with van der Waals surface area (Å²) in [5.74, 6) is 0.764. The van der Waals surface area contributed by atoms with Crippen LogP contribution in [0, 0.1) is 5.92 Å². The third kappa shape index (κ3) is 5.81. The zero-order valence-corrected chi connectivity index (χ0v) is 20.1. The van der Waals surface area contributed by atoms with Crippen LogP contribution in [0.2, 0.25) is 0 Å². The van der Waals surface area contributed by atoms with Crippen molar-refractivity contribution in [3.8, 4) is 0 Å². The first kappa shape index (κ1) is 23.4. The van der Waals surface area contributed by atoms with E-state index in [-0.39, 0.29) is 12.1 Å². The van der Waals surface area contributed by atoms with Crippen LogP contribution in [0.3, 0.4) is 0 Å². The van der Waals surface area contributed by atoms with Gasteiger partial charge in [0.2, 0.25) is 5.95 Å². The number of aromatic nitrogens is 2. The number of benzene rings is 1. The number of carbonyl (C=O) groups is 1. The Bertz CT molecular complexity index is 936. The molecule has 1 saturated heterocycles. The smallest absolute Gasteiger partial charge is 0.317 e. The number of rotatable bonds is 7. The lowest BCUT2D eigenvalue weighted by molar-refractivity contribution is 0.0561. The van der Waals surface area contributed by atoms with Crippen LogP contribution >= 0.6 is 0 Å². The van der Waals surface area contributed by atoms with Gasteiger partial charge in [-0.1, -0.05) is 30.3 Å². The quantitative estimate of drug-likeness (QED) is 0.669. The molecule has 1 fully saturated rings. The van der Waals surface area contributed by atoms with Crippen molar-refractivity contribution < 1.29 is 4.79 Å². The molecule has 2 aliphatic rings. The van der Waals surface area contributed by atoms with Gasteiger partial charge >= 0.3 is 6.03 Å². The van der Waals surface area contributed by atoms with E-state index in [1.807, 2.05) is 32.1 Å². The predicted molar refractivity (Wildman–Crippen MR) is 131 cm³/mol. The number of nitrogens with two attached hydrogens (primary N) is 1. The number of likely N-dealkylation sites (tertiary alicyclic amines) is 1. The molecule has 4 rings (SSSR count). The maximum absolute atomic E-state index is 13.1. The average molecular weight is 452 g/mol. The van der Waals surface area contributed by atoms with E-state index < -0.39 is 0 Å². The number of nitrogens with zero attached hydrogens (tertiary/aromatic N) is 5. The highest BCUT2D eigenvalue weighted by Gasteiger charge is 2.40. The van der Waals surface area contributed by atoms with E-state index in [4.69, 9.17) is 5.73 Å². The number of hydrogen-bond donors (Lipinski definition) is 2. The number of likely N-dealkylation sites (N-methyl/N-ethyl adjacent to an activating group) is 2. The van der Waals surface area contributed by atoms with Gasteiger partial charge in [0.1, 0.15) is 0 Å². The van der Waals surface area contributed by atoms with Gasteiger partial charge in [0.15, 0.2) is 0 Å². The Morgan fingerprint density at radius 2 is 2.00 bits per heavy atom. The Morgan fingerprint density at radius 3 is 2.73 bits per heavy atom. The Labute approximate surface area is 197 Å². The summed E-state index contributed by atoms with van der Waals surface area (Å²) >= 11 is 0. The number of nitrogens with one attached hydrogen (secondary N) is 1. The van der Waals surface area contributed by atoms with Crippen molar-refractivity contribution in [1.29, 1.82) is 0 Å². The van der Waals surface area contributed by atoms with E-state index in [1.165, 1.54) is 11.1 Å². The normalized spacial score (nSPS) is 22.5. The highest BCUT2D eigenvalue weighted by molar-refractivity contribution is 5.74. The summed E-state index contributed by atoms with van der Waals surface area (Å²) in [5, 5.41) is 3.35. The molecule has 0 saturated carbocycles. The van der Waals surface area contributed by atoms with E-state index in [0.29, 0.717) is 24.5 Å². The molecule has 1 aliphatic heterocycles. The van der Waals surface area contributed by atoms with Gasteiger partial charge in [-0.3, -0.25) is 4.90 Å². The lowest BCUT2D eigenvalue weighted by Crippen LogP contribution is -2.59. The first-order chi connectivity index (χ1) is 15.9. The lowest BCUT2D eigenvalue weighted by atomic mass is 9.76. The molecule has 8 nitrogen and oxygen atoms in total. The molecule has 1 aromatic heterocycles. The fraction of sp³-hybridized carbons (Fsp3) is 0.560. The number of piperidine rings is 1. The molecule has 33 heavy (non-hydrogen) atoms. The largest absolute Gasteiger partial charge is 0.368 e. The predicted octanol–water partition coefficient (Wildman–Crippen LogP) is 2.01. The van der Waals surface area contributed by atoms with Crippen LogP contribution < -0.4 is 11.1 Å². The van der Waals surface area contributed by atoms with Crippen molar-refractivity contribution in [3.63, 3.8) is 0 Å². The van der Waals surface area contributed by atoms with E-state index in [2.05, 4.69) is 55.4 Å². The molecule has 1 aromatic carbocycles. The van der Waals surface area contributed by atoms with Gasteiger partial charge in [0.25, 0.3) is 0 Å². The van der Waals surface area contributed by atoms with Crippen LogP contribution in [0.15, 0.2) is 36.5 Å². The van der Waals surface area contributed by atoms with Crippen molar-refractivity contribution in [1.82, 2.24) is 30.0 Å². The van der Waals surface area contributed by atoms with Gasteiger partial charge in [-0.25, -0.2) is 14.8 Å².